The SMILES string of the molecule is Cl.O=C(O)C1CCN(C(=O)c2cccn2CCc2ccccc2)C1. The summed E-state index contributed by atoms with van der Waals surface area (Å²) >= 11 is 0. The number of carbonyl (C=O) groups is 2. The number of aliphatic carboxylic acids is 1. The molecule has 0 radical (unpaired) electrons. The second kappa shape index (κ2) is 8.02. The number of benzene rings is 1. The van der Waals surface area contributed by atoms with E-state index in [1.807, 2.05) is 35.0 Å². The molecule has 1 saturated heterocycles. The van der Waals surface area contributed by atoms with Crippen LogP contribution in [0, 0.1) is 5.92 Å². The monoisotopic (exact) mass is 348 g/mol. The lowest BCUT2D eigenvalue weighted by Gasteiger charge is -2.17. The Kier molecular flexibility index (Phi) is 6.04. The predicted molar refractivity (Wildman–Crippen MR) is 93.5 cm³/mol. The largest absolute Gasteiger partial charge is 0.481 e. The van der Waals surface area contributed by atoms with Gasteiger partial charge in [0.25, 0.3) is 5.91 Å². The number of rotatable bonds is 5. The average molecular weight is 349 g/mol. The van der Waals surface area contributed by atoms with Crippen molar-refractivity contribution in [3.05, 3.63) is 59.9 Å². The number of likely N-dealkylation sites (tertiary alicyclic amines) is 1. The average Bonchev–Trinajstić information content (AvgIpc) is 3.22. The minimum absolute atomic E-state index is 0. The number of carboxylic acids is 1. The van der Waals surface area contributed by atoms with Crippen LogP contribution < -0.4 is 0 Å². The van der Waals surface area contributed by atoms with Gasteiger partial charge in [-0.15, -0.1) is 12.4 Å². The highest BCUT2D eigenvalue weighted by Gasteiger charge is 2.32. The van der Waals surface area contributed by atoms with Crippen LogP contribution in [0.4, 0.5) is 0 Å². The Hall–Kier alpha value is -2.27. The summed E-state index contributed by atoms with van der Waals surface area (Å²) in [4.78, 5) is 25.3. The molecule has 0 aliphatic carbocycles. The van der Waals surface area contributed by atoms with Gasteiger partial charge in [-0.1, -0.05) is 30.3 Å². The molecule has 1 unspecified atom stereocenters. The highest BCUT2D eigenvalue weighted by atomic mass is 35.5. The number of hydrogen-bond acceptors (Lipinski definition) is 2. The van der Waals surface area contributed by atoms with E-state index in [1.165, 1.54) is 5.56 Å². The van der Waals surface area contributed by atoms with Crippen LogP contribution in [0.1, 0.15) is 22.5 Å². The van der Waals surface area contributed by atoms with Crippen LogP contribution in [-0.4, -0.2) is 39.5 Å². The van der Waals surface area contributed by atoms with Gasteiger partial charge in [0.1, 0.15) is 5.69 Å². The van der Waals surface area contributed by atoms with Gasteiger partial charge in [-0.3, -0.25) is 9.59 Å². The summed E-state index contributed by atoms with van der Waals surface area (Å²) in [6.45, 7) is 1.55. The second-order valence-electron chi connectivity index (χ2n) is 5.90. The standard InChI is InChI=1S/C18H20N2O3.ClH/c21-17(20-12-9-15(13-20)18(22)23)16-7-4-10-19(16)11-8-14-5-2-1-3-6-14;/h1-7,10,15H,8-9,11-13H2,(H,22,23);1H. The summed E-state index contributed by atoms with van der Waals surface area (Å²) in [5.74, 6) is -1.33. The lowest BCUT2D eigenvalue weighted by molar-refractivity contribution is -0.141. The van der Waals surface area contributed by atoms with E-state index in [4.69, 9.17) is 5.11 Å². The number of nitrogens with zero attached hydrogens (tertiary/aromatic N) is 2. The van der Waals surface area contributed by atoms with Gasteiger partial charge in [-0.25, -0.2) is 0 Å². The second-order valence-corrected chi connectivity index (χ2v) is 5.90. The zero-order valence-electron chi connectivity index (χ0n) is 13.3. The van der Waals surface area contributed by atoms with Crippen LogP contribution in [0.3, 0.4) is 0 Å². The Morgan fingerprint density at radius 3 is 2.54 bits per heavy atom. The Morgan fingerprint density at radius 1 is 1.12 bits per heavy atom. The zero-order chi connectivity index (χ0) is 16.2. The highest BCUT2D eigenvalue weighted by Crippen LogP contribution is 2.19. The molecule has 1 atom stereocenters. The summed E-state index contributed by atoms with van der Waals surface area (Å²) in [5.41, 5.74) is 1.86. The molecule has 24 heavy (non-hydrogen) atoms. The maximum atomic E-state index is 12.6. The summed E-state index contributed by atoms with van der Waals surface area (Å²) < 4.78 is 1.95. The van der Waals surface area contributed by atoms with Crippen LogP contribution in [0.15, 0.2) is 48.7 Å². The number of carbonyl (C=O) groups excluding carboxylic acids is 1. The third-order valence-electron chi connectivity index (χ3n) is 4.36. The molecule has 0 saturated carbocycles. The first-order chi connectivity index (χ1) is 11.1. The Labute approximate surface area is 147 Å². The number of carboxylic acid groups (broad SMARTS) is 1. The van der Waals surface area contributed by atoms with E-state index in [9.17, 15) is 9.59 Å². The molecule has 3 rings (SSSR count). The number of aryl methyl sites for hydroxylation is 2. The van der Waals surface area contributed by atoms with Gasteiger partial charge in [0.15, 0.2) is 0 Å². The first-order valence-electron chi connectivity index (χ1n) is 7.86. The molecule has 1 aromatic heterocycles. The molecule has 1 aliphatic rings. The van der Waals surface area contributed by atoms with Gasteiger partial charge in [-0.2, -0.15) is 0 Å². The summed E-state index contributed by atoms with van der Waals surface area (Å²) in [5, 5.41) is 9.07. The minimum atomic E-state index is -0.820. The van der Waals surface area contributed by atoms with Gasteiger partial charge >= 0.3 is 5.97 Å². The van der Waals surface area contributed by atoms with E-state index < -0.39 is 11.9 Å². The van der Waals surface area contributed by atoms with Crippen LogP contribution in [0.25, 0.3) is 0 Å². The molecule has 1 aromatic carbocycles. The molecular weight excluding hydrogens is 328 g/mol. The fourth-order valence-corrected chi connectivity index (χ4v) is 3.01. The van der Waals surface area contributed by atoms with E-state index >= 15 is 0 Å². The van der Waals surface area contributed by atoms with E-state index in [1.54, 1.807) is 11.0 Å². The third kappa shape index (κ3) is 3.97. The van der Waals surface area contributed by atoms with Crippen molar-refractivity contribution in [2.45, 2.75) is 19.4 Å². The molecule has 0 spiro atoms. The predicted octanol–water partition coefficient (Wildman–Crippen LogP) is 2.70. The Balaban J connectivity index is 0.00000208. The number of hydrogen-bond donors (Lipinski definition) is 1. The van der Waals surface area contributed by atoms with Gasteiger partial charge in [0, 0.05) is 25.8 Å². The van der Waals surface area contributed by atoms with Gasteiger partial charge in [0.05, 0.1) is 5.92 Å². The minimum Gasteiger partial charge on any atom is -0.481 e. The van der Waals surface area contributed by atoms with Gasteiger partial charge in [-0.05, 0) is 30.5 Å². The van der Waals surface area contributed by atoms with Crippen molar-refractivity contribution in [2.24, 2.45) is 5.92 Å². The Bertz CT molecular complexity index is 699. The molecule has 5 nitrogen and oxygen atoms in total. The van der Waals surface area contributed by atoms with Gasteiger partial charge < -0.3 is 14.6 Å². The molecule has 1 aliphatic heterocycles. The number of aromatic nitrogens is 1. The third-order valence-corrected chi connectivity index (χ3v) is 4.36. The fourth-order valence-electron chi connectivity index (χ4n) is 3.01. The van der Waals surface area contributed by atoms with E-state index in [0.717, 1.165) is 13.0 Å². The van der Waals surface area contributed by atoms with Crippen molar-refractivity contribution in [3.8, 4) is 0 Å². The van der Waals surface area contributed by atoms with Crippen molar-refractivity contribution in [2.75, 3.05) is 13.1 Å². The summed E-state index contributed by atoms with van der Waals surface area (Å²) in [6.07, 6.45) is 3.29. The molecular formula is C18H21ClN2O3. The molecule has 2 heterocycles. The molecule has 128 valence electrons. The molecule has 2 aromatic rings. The van der Waals surface area contributed by atoms with Crippen LogP contribution in [0.5, 0.6) is 0 Å². The zero-order valence-corrected chi connectivity index (χ0v) is 14.1. The van der Waals surface area contributed by atoms with E-state index in [-0.39, 0.29) is 18.3 Å². The topological polar surface area (TPSA) is 62.5 Å². The maximum absolute atomic E-state index is 12.6. The first-order valence-corrected chi connectivity index (χ1v) is 7.86. The number of halogens is 1. The lowest BCUT2D eigenvalue weighted by Crippen LogP contribution is -2.31. The van der Waals surface area contributed by atoms with Crippen molar-refractivity contribution in [1.82, 2.24) is 9.47 Å². The molecule has 1 fully saturated rings. The molecule has 0 bridgehead atoms. The maximum Gasteiger partial charge on any atom is 0.308 e. The first kappa shape index (κ1) is 18.1. The smallest absolute Gasteiger partial charge is 0.308 e. The van der Waals surface area contributed by atoms with Crippen molar-refractivity contribution < 1.29 is 14.7 Å². The van der Waals surface area contributed by atoms with Crippen molar-refractivity contribution >= 4 is 24.3 Å². The summed E-state index contributed by atoms with van der Waals surface area (Å²) in [7, 11) is 0. The van der Waals surface area contributed by atoms with Crippen molar-refractivity contribution in [1.29, 1.82) is 0 Å². The summed E-state index contributed by atoms with van der Waals surface area (Å²) in [6, 6.07) is 13.8. The van der Waals surface area contributed by atoms with E-state index in [2.05, 4.69) is 12.1 Å². The van der Waals surface area contributed by atoms with Crippen LogP contribution in [0.2, 0.25) is 0 Å². The normalized spacial score (nSPS) is 16.7. The Morgan fingerprint density at radius 2 is 1.88 bits per heavy atom. The van der Waals surface area contributed by atoms with Crippen LogP contribution in [-0.2, 0) is 17.8 Å². The quantitative estimate of drug-likeness (QED) is 0.903. The molecule has 1 amide bonds. The molecule has 1 N–H and O–H groups in total. The lowest BCUT2D eigenvalue weighted by atomic mass is 10.1. The highest BCUT2D eigenvalue weighted by molar-refractivity contribution is 5.93. The fraction of sp³-hybridized carbons (Fsp3) is 0.333. The van der Waals surface area contributed by atoms with Gasteiger partial charge in [0.2, 0.25) is 0 Å². The van der Waals surface area contributed by atoms with Crippen LogP contribution >= 0.6 is 12.4 Å². The van der Waals surface area contributed by atoms with Crippen molar-refractivity contribution in [3.63, 3.8) is 0 Å². The number of amides is 1. The van der Waals surface area contributed by atoms with E-state index in [0.29, 0.717) is 25.2 Å². The molecule has 6 heteroatoms.